The molecule has 29 heavy (non-hydrogen) atoms. The predicted octanol–water partition coefficient (Wildman–Crippen LogP) is 5.13. The lowest BCUT2D eigenvalue weighted by atomic mass is 10.0. The number of hydrogen-bond acceptors (Lipinski definition) is 3. The summed E-state index contributed by atoms with van der Waals surface area (Å²) >= 11 is 0. The van der Waals surface area contributed by atoms with Crippen molar-refractivity contribution >= 4 is 16.9 Å². The number of hydrogen-bond donors (Lipinski definition) is 1. The van der Waals surface area contributed by atoms with Gasteiger partial charge in [0.2, 0.25) is 0 Å². The van der Waals surface area contributed by atoms with Crippen molar-refractivity contribution in [1.29, 1.82) is 0 Å². The molecule has 2 heterocycles. The second kappa shape index (κ2) is 7.73. The van der Waals surface area contributed by atoms with E-state index in [4.69, 9.17) is 14.6 Å². The number of carboxylic acids is 1. The van der Waals surface area contributed by atoms with Crippen molar-refractivity contribution in [1.82, 2.24) is 4.57 Å². The molecular weight excluding hydrogens is 380 g/mol. The van der Waals surface area contributed by atoms with Crippen LogP contribution in [-0.2, 0) is 17.9 Å². The number of benzene rings is 2. The van der Waals surface area contributed by atoms with E-state index < -0.39 is 12.4 Å². The average molecular weight is 401 g/mol. The number of aliphatic carboxylic acids is 1. The Morgan fingerprint density at radius 2 is 2.07 bits per heavy atom. The Morgan fingerprint density at radius 3 is 2.79 bits per heavy atom. The van der Waals surface area contributed by atoms with Crippen molar-refractivity contribution in [3.05, 3.63) is 59.3 Å². The van der Waals surface area contributed by atoms with Crippen LogP contribution in [0.25, 0.3) is 10.9 Å². The second-order valence-electron chi connectivity index (χ2n) is 7.19. The fraction of sp³-hybridized carbons (Fsp3) is 0.318. The van der Waals surface area contributed by atoms with Gasteiger partial charge in [0.25, 0.3) is 6.43 Å². The summed E-state index contributed by atoms with van der Waals surface area (Å²) in [5.41, 5.74) is 2.56. The van der Waals surface area contributed by atoms with Gasteiger partial charge in [0, 0.05) is 29.1 Å². The first kappa shape index (κ1) is 19.2. The molecule has 0 saturated heterocycles. The van der Waals surface area contributed by atoms with Gasteiger partial charge in [-0.15, -0.1) is 0 Å². The van der Waals surface area contributed by atoms with Crippen LogP contribution in [0.1, 0.15) is 42.0 Å². The molecule has 4 rings (SSSR count). The average Bonchev–Trinajstić information content (AvgIpc) is 3.25. The number of ether oxygens (including phenoxy) is 2. The van der Waals surface area contributed by atoms with E-state index in [0.29, 0.717) is 11.3 Å². The highest BCUT2D eigenvalue weighted by Crippen LogP contribution is 2.37. The van der Waals surface area contributed by atoms with Crippen molar-refractivity contribution in [3.63, 3.8) is 0 Å². The first-order chi connectivity index (χ1) is 14.0. The predicted molar refractivity (Wildman–Crippen MR) is 104 cm³/mol. The van der Waals surface area contributed by atoms with Crippen LogP contribution in [0.2, 0.25) is 0 Å². The monoisotopic (exact) mass is 401 g/mol. The summed E-state index contributed by atoms with van der Waals surface area (Å²) in [5, 5.41) is 10.1. The molecule has 2 aromatic carbocycles. The minimum atomic E-state index is -2.62. The summed E-state index contributed by atoms with van der Waals surface area (Å²) in [5.74, 6) is 0.0205. The van der Waals surface area contributed by atoms with Gasteiger partial charge in [0.05, 0.1) is 19.1 Å². The van der Waals surface area contributed by atoms with Crippen LogP contribution in [0.4, 0.5) is 8.78 Å². The first-order valence-electron chi connectivity index (χ1n) is 9.39. The molecule has 0 aliphatic carbocycles. The van der Waals surface area contributed by atoms with E-state index in [0.717, 1.165) is 29.6 Å². The lowest BCUT2D eigenvalue weighted by molar-refractivity contribution is -0.137. The number of aryl methyl sites for hydroxylation is 1. The smallest absolute Gasteiger partial charge is 0.304 e. The molecule has 1 atom stereocenters. The fourth-order valence-electron chi connectivity index (χ4n) is 4.01. The molecule has 0 spiro atoms. The van der Waals surface area contributed by atoms with Crippen molar-refractivity contribution in [2.75, 3.05) is 7.11 Å². The number of alkyl halides is 2. The van der Waals surface area contributed by atoms with Crippen LogP contribution in [0, 0.1) is 0 Å². The molecule has 0 bridgehead atoms. The number of carboxylic acid groups (broad SMARTS) is 1. The summed E-state index contributed by atoms with van der Waals surface area (Å²) in [7, 11) is 1.36. The van der Waals surface area contributed by atoms with Crippen LogP contribution < -0.4 is 9.47 Å². The number of rotatable bonds is 7. The molecule has 1 N–H and O–H groups in total. The Bertz CT molecular complexity index is 1060. The molecule has 0 saturated carbocycles. The molecule has 0 radical (unpaired) electrons. The molecule has 1 unspecified atom stereocenters. The van der Waals surface area contributed by atoms with E-state index >= 15 is 0 Å². The number of halogens is 2. The summed E-state index contributed by atoms with van der Waals surface area (Å²) in [6.07, 6.45) is -1.66. The third-order valence-corrected chi connectivity index (χ3v) is 5.38. The summed E-state index contributed by atoms with van der Waals surface area (Å²) < 4.78 is 39.3. The highest BCUT2D eigenvalue weighted by Gasteiger charge is 2.26. The highest BCUT2D eigenvalue weighted by atomic mass is 19.3. The Labute approximate surface area is 166 Å². The quantitative estimate of drug-likeness (QED) is 0.596. The molecule has 0 fully saturated rings. The molecule has 7 heteroatoms. The molecule has 1 aliphatic heterocycles. The first-order valence-corrected chi connectivity index (χ1v) is 9.39. The van der Waals surface area contributed by atoms with Crippen LogP contribution >= 0.6 is 0 Å². The highest BCUT2D eigenvalue weighted by molar-refractivity contribution is 5.83. The lowest BCUT2D eigenvalue weighted by Gasteiger charge is -2.11. The maximum absolute atomic E-state index is 13.2. The molecule has 0 amide bonds. The summed E-state index contributed by atoms with van der Waals surface area (Å²) in [4.78, 5) is 11.1. The van der Waals surface area contributed by atoms with Crippen molar-refractivity contribution < 1.29 is 28.2 Å². The maximum atomic E-state index is 13.2. The lowest BCUT2D eigenvalue weighted by Crippen LogP contribution is -2.02. The van der Waals surface area contributed by atoms with Gasteiger partial charge in [0.15, 0.2) is 0 Å². The van der Waals surface area contributed by atoms with Crippen LogP contribution in [-0.4, -0.2) is 22.8 Å². The standard InChI is InChI=1S/C22H21F2NO4/c1-28-20-5-2-13(8-17(20)22(23)24)12-29-16-3-4-18-15(9-16)10-19-14(11-21(26)27)6-7-25(18)19/h2-5,8-10,14,22H,6-7,11-12H2,1H3,(H,26,27). The molecule has 1 aromatic heterocycles. The Morgan fingerprint density at radius 1 is 1.24 bits per heavy atom. The number of carbonyl (C=O) groups is 1. The summed E-state index contributed by atoms with van der Waals surface area (Å²) in [6, 6.07) is 12.3. The number of fused-ring (bicyclic) bond motifs is 3. The zero-order valence-electron chi connectivity index (χ0n) is 15.9. The second-order valence-corrected chi connectivity index (χ2v) is 7.19. The van der Waals surface area contributed by atoms with Gasteiger partial charge in [0.1, 0.15) is 18.1 Å². The zero-order chi connectivity index (χ0) is 20.5. The van der Waals surface area contributed by atoms with Crippen LogP contribution in [0.3, 0.4) is 0 Å². The maximum Gasteiger partial charge on any atom is 0.304 e. The Balaban J connectivity index is 1.53. The van der Waals surface area contributed by atoms with Crippen LogP contribution in [0.5, 0.6) is 11.5 Å². The summed E-state index contributed by atoms with van der Waals surface area (Å²) in [6.45, 7) is 0.962. The van der Waals surface area contributed by atoms with E-state index in [9.17, 15) is 13.6 Å². The third-order valence-electron chi connectivity index (χ3n) is 5.38. The van der Waals surface area contributed by atoms with Crippen molar-refractivity contribution in [2.24, 2.45) is 0 Å². The van der Waals surface area contributed by atoms with E-state index in [-0.39, 0.29) is 30.3 Å². The van der Waals surface area contributed by atoms with Gasteiger partial charge in [-0.2, -0.15) is 0 Å². The van der Waals surface area contributed by atoms with Gasteiger partial charge in [-0.3, -0.25) is 4.79 Å². The van der Waals surface area contributed by atoms with Gasteiger partial charge >= 0.3 is 5.97 Å². The van der Waals surface area contributed by atoms with E-state index in [2.05, 4.69) is 4.57 Å². The minimum absolute atomic E-state index is 0.0244. The topological polar surface area (TPSA) is 60.7 Å². The normalized spacial score (nSPS) is 15.7. The third kappa shape index (κ3) is 3.77. The van der Waals surface area contributed by atoms with E-state index in [1.807, 2.05) is 24.3 Å². The molecule has 152 valence electrons. The zero-order valence-corrected chi connectivity index (χ0v) is 15.9. The molecule has 1 aliphatic rings. The van der Waals surface area contributed by atoms with Gasteiger partial charge < -0.3 is 19.1 Å². The molecule has 5 nitrogen and oxygen atoms in total. The number of methoxy groups -OCH3 is 1. The Hall–Kier alpha value is -3.09. The fourth-order valence-corrected chi connectivity index (χ4v) is 4.01. The van der Waals surface area contributed by atoms with Crippen molar-refractivity contribution in [3.8, 4) is 11.5 Å². The number of nitrogens with zero attached hydrogens (tertiary/aromatic N) is 1. The molecule has 3 aromatic rings. The van der Waals surface area contributed by atoms with Crippen molar-refractivity contribution in [2.45, 2.75) is 38.3 Å². The van der Waals surface area contributed by atoms with Gasteiger partial charge in [-0.05, 0) is 48.4 Å². The van der Waals surface area contributed by atoms with Gasteiger partial charge in [-0.25, -0.2) is 8.78 Å². The number of aromatic nitrogens is 1. The van der Waals surface area contributed by atoms with Gasteiger partial charge in [-0.1, -0.05) is 6.07 Å². The van der Waals surface area contributed by atoms with E-state index in [1.165, 1.54) is 19.2 Å². The Kier molecular flexibility index (Phi) is 5.13. The minimum Gasteiger partial charge on any atom is -0.496 e. The van der Waals surface area contributed by atoms with E-state index in [1.54, 1.807) is 6.07 Å². The van der Waals surface area contributed by atoms with Crippen LogP contribution in [0.15, 0.2) is 42.5 Å². The SMILES string of the molecule is COc1ccc(COc2ccc3c(c2)cc2n3CCC2CC(=O)O)cc1C(F)F. The molecular formula is C22H21F2NO4. The largest absolute Gasteiger partial charge is 0.496 e.